The summed E-state index contributed by atoms with van der Waals surface area (Å²) >= 11 is 1.29. The van der Waals surface area contributed by atoms with E-state index in [0.717, 1.165) is 53.6 Å². The van der Waals surface area contributed by atoms with Gasteiger partial charge in [0.2, 0.25) is 0 Å². The predicted molar refractivity (Wildman–Crippen MR) is 98.3 cm³/mol. The summed E-state index contributed by atoms with van der Waals surface area (Å²) in [5.41, 5.74) is 14.3. The molecule has 5 nitrogen and oxygen atoms in total. The molecule has 3 rings (SSSR count). The molecule has 0 bridgehead atoms. The topological polar surface area (TPSA) is 102 Å². The molecule has 2 aromatic heterocycles. The average Bonchev–Trinajstić information content (AvgIpc) is 2.88. The first-order chi connectivity index (χ1) is 11.4. The number of aryl methyl sites for hydroxylation is 1. The minimum atomic E-state index is -0.492. The smallest absolute Gasteiger partial charge is 0.260 e. The molecule has 1 aliphatic carbocycles. The number of carbonyl (C=O) groups is 1. The van der Waals surface area contributed by atoms with Crippen molar-refractivity contribution in [1.29, 1.82) is 0 Å². The summed E-state index contributed by atoms with van der Waals surface area (Å²) in [5.74, 6) is 0.142. The Bertz CT molecular complexity index is 771. The van der Waals surface area contributed by atoms with Crippen molar-refractivity contribution in [3.8, 4) is 0 Å². The highest BCUT2D eigenvalue weighted by Gasteiger charge is 2.29. The maximum Gasteiger partial charge on any atom is 0.260 e. The van der Waals surface area contributed by atoms with Gasteiger partial charge in [0.05, 0.1) is 11.8 Å². The summed E-state index contributed by atoms with van der Waals surface area (Å²) in [6.07, 6.45) is 4.39. The van der Waals surface area contributed by atoms with E-state index in [2.05, 4.69) is 19.9 Å². The Kier molecular flexibility index (Phi) is 4.78. The number of aromatic nitrogens is 1. The van der Waals surface area contributed by atoms with E-state index in [1.165, 1.54) is 11.3 Å². The lowest BCUT2D eigenvalue weighted by molar-refractivity contribution is 0.0707. The number of hydrogen-bond donors (Lipinski definition) is 3. The van der Waals surface area contributed by atoms with E-state index in [1.54, 1.807) is 0 Å². The first-order valence-corrected chi connectivity index (χ1v) is 9.43. The maximum atomic E-state index is 11.6. The number of fused-ring (bicyclic) bond motifs is 1. The van der Waals surface area contributed by atoms with Crippen LogP contribution in [0, 0.1) is 5.92 Å². The number of hydrogen-bond acceptors (Lipinski definition) is 5. The Morgan fingerprint density at radius 1 is 1.46 bits per heavy atom. The van der Waals surface area contributed by atoms with Gasteiger partial charge in [-0.3, -0.25) is 4.79 Å². The van der Waals surface area contributed by atoms with E-state index in [4.69, 9.17) is 16.5 Å². The van der Waals surface area contributed by atoms with Gasteiger partial charge in [0.15, 0.2) is 0 Å². The van der Waals surface area contributed by atoms with Gasteiger partial charge in [-0.2, -0.15) is 0 Å². The number of aliphatic hydroxyl groups is 1. The van der Waals surface area contributed by atoms with Crippen molar-refractivity contribution in [2.75, 3.05) is 5.73 Å². The van der Waals surface area contributed by atoms with Crippen molar-refractivity contribution in [3.63, 3.8) is 0 Å². The number of primary amides is 1. The monoisotopic (exact) mass is 347 g/mol. The molecule has 5 N–H and O–H groups in total. The molecule has 1 amide bonds. The standard InChI is InChI=1S/C18H25N3O2S/c1-3-4-11-8-12(10-5-6-13(22)9(2)7-10)21-18-14(11)15(19)16(24-18)17(20)23/h8-10,13,22H,3-7,19H2,1-2H3,(H2,20,23). The summed E-state index contributed by atoms with van der Waals surface area (Å²) in [7, 11) is 0. The van der Waals surface area contributed by atoms with Crippen molar-refractivity contribution < 1.29 is 9.90 Å². The van der Waals surface area contributed by atoms with Crippen LogP contribution in [0.15, 0.2) is 6.07 Å². The molecule has 2 heterocycles. The molecule has 3 unspecified atom stereocenters. The molecular weight excluding hydrogens is 322 g/mol. The molecule has 24 heavy (non-hydrogen) atoms. The second kappa shape index (κ2) is 6.69. The van der Waals surface area contributed by atoms with Crippen molar-refractivity contribution >= 4 is 33.1 Å². The highest BCUT2D eigenvalue weighted by molar-refractivity contribution is 7.21. The van der Waals surface area contributed by atoms with Crippen molar-refractivity contribution in [2.45, 2.75) is 58.0 Å². The molecule has 2 aromatic rings. The number of nitrogens with zero attached hydrogens (tertiary/aromatic N) is 1. The molecule has 0 aliphatic heterocycles. The molecule has 0 aromatic carbocycles. The first-order valence-electron chi connectivity index (χ1n) is 8.62. The normalized spacial score (nSPS) is 24.4. The van der Waals surface area contributed by atoms with Gasteiger partial charge in [-0.05, 0) is 43.2 Å². The molecule has 0 saturated heterocycles. The number of anilines is 1. The number of thiophene rings is 1. The van der Waals surface area contributed by atoms with Crippen LogP contribution >= 0.6 is 11.3 Å². The van der Waals surface area contributed by atoms with Crippen LogP contribution in [0.1, 0.15) is 66.4 Å². The zero-order chi connectivity index (χ0) is 17.4. The maximum absolute atomic E-state index is 11.6. The molecule has 130 valence electrons. The number of amides is 1. The van der Waals surface area contributed by atoms with Gasteiger partial charge in [-0.1, -0.05) is 20.3 Å². The van der Waals surface area contributed by atoms with Crippen LogP contribution in [0.5, 0.6) is 0 Å². The molecule has 3 atom stereocenters. The Labute approximate surface area is 146 Å². The zero-order valence-electron chi connectivity index (χ0n) is 14.2. The van der Waals surface area contributed by atoms with Crippen LogP contribution in [0.4, 0.5) is 5.69 Å². The summed E-state index contributed by atoms with van der Waals surface area (Å²) < 4.78 is 0. The number of pyridine rings is 1. The molecule has 1 fully saturated rings. The fourth-order valence-electron chi connectivity index (χ4n) is 3.73. The van der Waals surface area contributed by atoms with Crippen LogP contribution in [0.25, 0.3) is 10.2 Å². The third kappa shape index (κ3) is 3.00. The fourth-order valence-corrected chi connectivity index (χ4v) is 4.73. The largest absolute Gasteiger partial charge is 0.397 e. The molecule has 1 saturated carbocycles. The number of rotatable bonds is 4. The number of carbonyl (C=O) groups excluding carboxylic acids is 1. The molecule has 0 spiro atoms. The SMILES string of the molecule is CCCc1cc(C2CCC(O)C(C)C2)nc2sc(C(N)=O)c(N)c12. The Balaban J connectivity index is 2.08. The van der Waals surface area contributed by atoms with Crippen LogP contribution in [0.2, 0.25) is 0 Å². The van der Waals surface area contributed by atoms with Gasteiger partial charge in [0, 0.05) is 17.0 Å². The van der Waals surface area contributed by atoms with Gasteiger partial charge >= 0.3 is 0 Å². The zero-order valence-corrected chi connectivity index (χ0v) is 15.0. The van der Waals surface area contributed by atoms with E-state index >= 15 is 0 Å². The van der Waals surface area contributed by atoms with Crippen molar-refractivity contribution in [3.05, 3.63) is 22.2 Å². The van der Waals surface area contributed by atoms with E-state index in [1.807, 2.05) is 0 Å². The van der Waals surface area contributed by atoms with Crippen molar-refractivity contribution in [1.82, 2.24) is 4.98 Å². The quantitative estimate of drug-likeness (QED) is 0.790. The van der Waals surface area contributed by atoms with E-state index < -0.39 is 5.91 Å². The van der Waals surface area contributed by atoms with E-state index in [0.29, 0.717) is 16.5 Å². The lowest BCUT2D eigenvalue weighted by Gasteiger charge is -2.31. The highest BCUT2D eigenvalue weighted by atomic mass is 32.1. The summed E-state index contributed by atoms with van der Waals surface area (Å²) in [4.78, 5) is 17.6. The molecule has 0 radical (unpaired) electrons. The van der Waals surface area contributed by atoms with Gasteiger partial charge in [-0.25, -0.2) is 4.98 Å². The van der Waals surface area contributed by atoms with Crippen LogP contribution in [-0.4, -0.2) is 22.1 Å². The van der Waals surface area contributed by atoms with Gasteiger partial charge in [0.25, 0.3) is 5.91 Å². The molecule has 1 aliphatic rings. The van der Waals surface area contributed by atoms with Crippen LogP contribution < -0.4 is 11.5 Å². The molecule has 6 heteroatoms. The Morgan fingerprint density at radius 3 is 2.83 bits per heavy atom. The fraction of sp³-hybridized carbons (Fsp3) is 0.556. The third-order valence-corrected chi connectivity index (χ3v) is 6.20. The van der Waals surface area contributed by atoms with E-state index in [-0.39, 0.29) is 12.0 Å². The number of aliphatic hydroxyl groups excluding tert-OH is 1. The van der Waals surface area contributed by atoms with Gasteiger partial charge in [0.1, 0.15) is 9.71 Å². The summed E-state index contributed by atoms with van der Waals surface area (Å²) in [6.45, 7) is 4.22. The Morgan fingerprint density at radius 2 is 2.21 bits per heavy atom. The van der Waals surface area contributed by atoms with E-state index in [9.17, 15) is 9.90 Å². The lowest BCUT2D eigenvalue weighted by Crippen LogP contribution is -2.26. The second-order valence-electron chi connectivity index (χ2n) is 6.90. The first kappa shape index (κ1) is 17.2. The Hall–Kier alpha value is -1.66. The van der Waals surface area contributed by atoms with Crippen LogP contribution in [-0.2, 0) is 6.42 Å². The average molecular weight is 347 g/mol. The summed E-state index contributed by atoms with van der Waals surface area (Å²) in [6, 6.07) is 2.15. The van der Waals surface area contributed by atoms with Crippen LogP contribution in [0.3, 0.4) is 0 Å². The predicted octanol–water partition coefficient (Wildman–Crippen LogP) is 3.19. The minimum absolute atomic E-state index is 0.209. The molecular formula is C18H25N3O2S. The van der Waals surface area contributed by atoms with Gasteiger partial charge in [-0.15, -0.1) is 11.3 Å². The highest BCUT2D eigenvalue weighted by Crippen LogP contribution is 2.40. The number of nitrogen functional groups attached to an aromatic ring is 1. The van der Waals surface area contributed by atoms with Gasteiger partial charge < -0.3 is 16.6 Å². The summed E-state index contributed by atoms with van der Waals surface area (Å²) in [5, 5.41) is 10.9. The second-order valence-corrected chi connectivity index (χ2v) is 7.90. The van der Waals surface area contributed by atoms with Crippen molar-refractivity contribution in [2.24, 2.45) is 11.7 Å². The lowest BCUT2D eigenvalue weighted by atomic mass is 9.78. The third-order valence-electron chi connectivity index (χ3n) is 5.09. The minimum Gasteiger partial charge on any atom is -0.397 e. The number of nitrogens with two attached hydrogens (primary N) is 2.